The summed E-state index contributed by atoms with van der Waals surface area (Å²) in [6, 6.07) is 0. The van der Waals surface area contributed by atoms with Gasteiger partial charge in [-0.25, -0.2) is 0 Å². The van der Waals surface area contributed by atoms with Gasteiger partial charge in [0.25, 0.3) is 0 Å². The molecule has 1 heteroatoms. The van der Waals surface area contributed by atoms with Crippen molar-refractivity contribution in [1.29, 1.82) is 0 Å². The molecule has 0 bridgehead atoms. The van der Waals surface area contributed by atoms with Gasteiger partial charge in [0.1, 0.15) is 0 Å². The second kappa shape index (κ2) is 5.01. The molecule has 0 aromatic rings. The lowest BCUT2D eigenvalue weighted by Gasteiger charge is -2.20. The third-order valence-corrected chi connectivity index (χ3v) is 2.20. The fourth-order valence-electron chi connectivity index (χ4n) is 1.19. The van der Waals surface area contributed by atoms with Gasteiger partial charge in [-0.15, -0.1) is 11.6 Å². The Morgan fingerprint density at radius 3 is 2.10 bits per heavy atom. The van der Waals surface area contributed by atoms with Gasteiger partial charge < -0.3 is 0 Å². The Bertz CT molecular complexity index is 76.8. The van der Waals surface area contributed by atoms with Crippen LogP contribution in [0.15, 0.2) is 0 Å². The summed E-state index contributed by atoms with van der Waals surface area (Å²) in [6.45, 7) is 6.54. The molecule has 0 rings (SSSR count). The minimum atomic E-state index is 0.0742. The summed E-state index contributed by atoms with van der Waals surface area (Å²) >= 11 is 6.22. The second-order valence-electron chi connectivity index (χ2n) is 3.27. The van der Waals surface area contributed by atoms with Crippen LogP contribution in [0, 0.1) is 0 Å². The monoisotopic (exact) mass is 162 g/mol. The van der Waals surface area contributed by atoms with Crippen molar-refractivity contribution < 1.29 is 0 Å². The highest BCUT2D eigenvalue weighted by atomic mass is 35.5. The van der Waals surface area contributed by atoms with Crippen LogP contribution in [0.3, 0.4) is 0 Å². The van der Waals surface area contributed by atoms with E-state index >= 15 is 0 Å². The Morgan fingerprint density at radius 1 is 1.10 bits per heavy atom. The molecule has 62 valence electrons. The van der Waals surface area contributed by atoms with Crippen LogP contribution >= 0.6 is 11.6 Å². The van der Waals surface area contributed by atoms with Gasteiger partial charge in [-0.05, 0) is 19.8 Å². The summed E-state index contributed by atoms with van der Waals surface area (Å²) in [5.41, 5.74) is 0. The lowest BCUT2D eigenvalue weighted by molar-refractivity contribution is 0.502. The topological polar surface area (TPSA) is 0 Å². The van der Waals surface area contributed by atoms with Crippen molar-refractivity contribution in [2.24, 2.45) is 0 Å². The molecule has 0 aliphatic heterocycles. The molecule has 0 aliphatic rings. The molecule has 10 heavy (non-hydrogen) atoms. The molecule has 0 saturated carbocycles. The van der Waals surface area contributed by atoms with Crippen molar-refractivity contribution >= 4 is 11.6 Å². The summed E-state index contributed by atoms with van der Waals surface area (Å²) in [4.78, 5) is 0.0742. The average molecular weight is 163 g/mol. The van der Waals surface area contributed by atoms with Crippen molar-refractivity contribution in [3.63, 3.8) is 0 Å². The van der Waals surface area contributed by atoms with Crippen molar-refractivity contribution in [1.82, 2.24) is 0 Å². The number of alkyl halides is 1. The van der Waals surface area contributed by atoms with E-state index < -0.39 is 0 Å². The molecular formula is C9H19Cl. The molecule has 0 aliphatic carbocycles. The zero-order valence-electron chi connectivity index (χ0n) is 7.41. The molecule has 0 heterocycles. The molecule has 0 unspecified atom stereocenters. The Morgan fingerprint density at radius 2 is 1.70 bits per heavy atom. The van der Waals surface area contributed by atoms with E-state index in [0.29, 0.717) is 0 Å². The third-order valence-electron chi connectivity index (χ3n) is 1.82. The SMILES string of the molecule is CCCC[C@](C)(Cl)CCC. The van der Waals surface area contributed by atoms with E-state index in [0.717, 1.165) is 6.42 Å². The predicted octanol–water partition coefficient (Wildman–Crippen LogP) is 3.97. The maximum Gasteiger partial charge on any atom is 0.0418 e. The van der Waals surface area contributed by atoms with Crippen LogP contribution in [-0.2, 0) is 0 Å². The Balaban J connectivity index is 3.42. The van der Waals surface area contributed by atoms with Crippen LogP contribution in [0.4, 0.5) is 0 Å². The minimum absolute atomic E-state index is 0.0742. The highest BCUT2D eigenvalue weighted by molar-refractivity contribution is 6.23. The normalized spacial score (nSPS) is 16.8. The van der Waals surface area contributed by atoms with Gasteiger partial charge in [0.05, 0.1) is 0 Å². The van der Waals surface area contributed by atoms with Crippen LogP contribution in [0.2, 0.25) is 0 Å². The van der Waals surface area contributed by atoms with Gasteiger partial charge in [0.15, 0.2) is 0 Å². The summed E-state index contributed by atoms with van der Waals surface area (Å²) in [6.07, 6.45) is 6.03. The molecular weight excluding hydrogens is 144 g/mol. The van der Waals surface area contributed by atoms with Crippen LogP contribution in [0.1, 0.15) is 52.9 Å². The van der Waals surface area contributed by atoms with Crippen molar-refractivity contribution in [3.05, 3.63) is 0 Å². The first kappa shape index (κ1) is 10.3. The number of halogens is 1. The Hall–Kier alpha value is 0.290. The van der Waals surface area contributed by atoms with Gasteiger partial charge in [-0.3, -0.25) is 0 Å². The Labute approximate surface area is 70.0 Å². The first-order valence-corrected chi connectivity index (χ1v) is 4.69. The van der Waals surface area contributed by atoms with Crippen LogP contribution in [0.5, 0.6) is 0 Å². The van der Waals surface area contributed by atoms with Crippen molar-refractivity contribution in [3.8, 4) is 0 Å². The fraction of sp³-hybridized carbons (Fsp3) is 1.00. The van der Waals surface area contributed by atoms with E-state index in [-0.39, 0.29) is 4.87 Å². The molecule has 0 nitrogen and oxygen atoms in total. The first-order chi connectivity index (χ1) is 4.62. The molecule has 0 amide bonds. The van der Waals surface area contributed by atoms with Crippen molar-refractivity contribution in [2.75, 3.05) is 0 Å². The van der Waals surface area contributed by atoms with Crippen LogP contribution in [0.25, 0.3) is 0 Å². The molecule has 1 atom stereocenters. The fourth-order valence-corrected chi connectivity index (χ4v) is 1.51. The lowest BCUT2D eigenvalue weighted by Crippen LogP contribution is -2.15. The van der Waals surface area contributed by atoms with E-state index in [4.69, 9.17) is 11.6 Å². The largest absolute Gasteiger partial charge is 0.120 e. The standard InChI is InChI=1S/C9H19Cl/c1-4-6-8-9(3,10)7-5-2/h4-8H2,1-3H3/t9-/m1/s1. The Kier molecular flexibility index (Phi) is 5.15. The summed E-state index contributed by atoms with van der Waals surface area (Å²) in [5.74, 6) is 0. The van der Waals surface area contributed by atoms with E-state index in [9.17, 15) is 0 Å². The van der Waals surface area contributed by atoms with Crippen LogP contribution in [-0.4, -0.2) is 4.87 Å². The van der Waals surface area contributed by atoms with E-state index in [1.807, 2.05) is 0 Å². The zero-order valence-corrected chi connectivity index (χ0v) is 8.17. The molecule has 0 spiro atoms. The summed E-state index contributed by atoms with van der Waals surface area (Å²) in [7, 11) is 0. The lowest BCUT2D eigenvalue weighted by atomic mass is 9.98. The zero-order chi connectivity index (χ0) is 8.04. The quantitative estimate of drug-likeness (QED) is 0.537. The maximum absolute atomic E-state index is 6.22. The second-order valence-corrected chi connectivity index (χ2v) is 4.18. The summed E-state index contributed by atoms with van der Waals surface area (Å²) < 4.78 is 0. The van der Waals surface area contributed by atoms with E-state index in [1.54, 1.807) is 0 Å². The van der Waals surface area contributed by atoms with Gasteiger partial charge >= 0.3 is 0 Å². The average Bonchev–Trinajstić information content (AvgIpc) is 1.84. The molecule has 0 aromatic carbocycles. The van der Waals surface area contributed by atoms with Gasteiger partial charge in [0, 0.05) is 4.87 Å². The van der Waals surface area contributed by atoms with E-state index in [2.05, 4.69) is 20.8 Å². The number of unbranched alkanes of at least 4 members (excludes halogenated alkanes) is 1. The van der Waals surface area contributed by atoms with Crippen LogP contribution < -0.4 is 0 Å². The highest BCUT2D eigenvalue weighted by Crippen LogP contribution is 2.26. The van der Waals surface area contributed by atoms with Gasteiger partial charge in [0.2, 0.25) is 0 Å². The highest BCUT2D eigenvalue weighted by Gasteiger charge is 2.17. The van der Waals surface area contributed by atoms with E-state index in [1.165, 1.54) is 25.7 Å². The summed E-state index contributed by atoms with van der Waals surface area (Å²) in [5, 5.41) is 0. The number of hydrogen-bond acceptors (Lipinski definition) is 0. The maximum atomic E-state index is 6.22. The first-order valence-electron chi connectivity index (χ1n) is 4.31. The van der Waals surface area contributed by atoms with Crippen molar-refractivity contribution in [2.45, 2.75) is 57.7 Å². The van der Waals surface area contributed by atoms with Gasteiger partial charge in [-0.2, -0.15) is 0 Å². The van der Waals surface area contributed by atoms with Gasteiger partial charge in [-0.1, -0.05) is 33.1 Å². The minimum Gasteiger partial charge on any atom is -0.120 e. The molecule has 0 aromatic heterocycles. The third kappa shape index (κ3) is 5.10. The molecule has 0 fully saturated rings. The smallest absolute Gasteiger partial charge is 0.0418 e. The number of rotatable bonds is 5. The molecule has 0 radical (unpaired) electrons. The molecule has 0 N–H and O–H groups in total. The predicted molar refractivity (Wildman–Crippen MR) is 48.7 cm³/mol. The molecule has 0 saturated heterocycles. The number of hydrogen-bond donors (Lipinski definition) is 0.